The molecule has 4 aromatic rings. The molecule has 0 bridgehead atoms. The first-order chi connectivity index (χ1) is 30.8. The van der Waals surface area contributed by atoms with E-state index in [9.17, 15) is 20.3 Å². The van der Waals surface area contributed by atoms with Crippen LogP contribution in [0.3, 0.4) is 0 Å². The first-order valence-corrected chi connectivity index (χ1v) is 24.8. The number of nitrogens with two attached hydrogens (primary N) is 2. The number of unbranched alkanes of at least 4 members (excludes halogenated alkanes) is 24. The molecule has 6 N–H and O–H groups in total. The summed E-state index contributed by atoms with van der Waals surface area (Å²) in [6.45, 7) is 6.52. The number of phenols is 2. The fraction of sp³-hybridized carbons (Fsp3) is 0.536. The van der Waals surface area contributed by atoms with Gasteiger partial charge in [-0.2, -0.15) is 5.26 Å². The van der Waals surface area contributed by atoms with Crippen LogP contribution in [0.1, 0.15) is 186 Å². The van der Waals surface area contributed by atoms with Gasteiger partial charge in [-0.05, 0) is 65.8 Å². The van der Waals surface area contributed by atoms with Gasteiger partial charge in [-0.3, -0.25) is 4.79 Å². The number of aromatic hydroxyl groups is 2. The van der Waals surface area contributed by atoms with E-state index in [-0.39, 0.29) is 17.1 Å². The third-order valence-electron chi connectivity index (χ3n) is 12.3. The van der Waals surface area contributed by atoms with Gasteiger partial charge in [0.05, 0.1) is 5.69 Å². The Bertz CT molecular complexity index is 1920. The zero-order valence-corrected chi connectivity index (χ0v) is 39.2. The molecule has 7 heteroatoms. The normalized spacial score (nSPS) is 11.3. The molecule has 0 aliphatic heterocycles. The van der Waals surface area contributed by atoms with Gasteiger partial charge in [-0.1, -0.05) is 210 Å². The van der Waals surface area contributed by atoms with Crippen LogP contribution in [-0.4, -0.2) is 29.2 Å². The lowest BCUT2D eigenvalue weighted by molar-refractivity contribution is -0.114. The third kappa shape index (κ3) is 21.3. The number of fused-ring (bicyclic) bond motifs is 1. The average molecular weight is 859 g/mol. The number of amides is 1. The van der Waals surface area contributed by atoms with Crippen LogP contribution in [0.5, 0.6) is 11.5 Å². The molecule has 4 rings (SSSR count). The number of hydrogen-bond donors (Lipinski definition) is 4. The number of nitrogens with zero attached hydrogens (tertiary/aromatic N) is 2. The zero-order valence-electron chi connectivity index (χ0n) is 39.2. The van der Waals surface area contributed by atoms with E-state index in [0.717, 1.165) is 53.5 Å². The highest BCUT2D eigenvalue weighted by Gasteiger charge is 2.12. The smallest absolute Gasteiger partial charge is 0.259 e. The summed E-state index contributed by atoms with van der Waals surface area (Å²) in [4.78, 5) is 13.9. The fourth-order valence-corrected chi connectivity index (χ4v) is 8.32. The highest BCUT2D eigenvalue weighted by atomic mass is 16.3. The Morgan fingerprint density at radius 2 is 1.06 bits per heavy atom. The molecule has 0 fully saturated rings. The Balaban J connectivity index is 0.000000478. The van der Waals surface area contributed by atoms with Crippen molar-refractivity contribution in [3.8, 4) is 28.7 Å². The minimum atomic E-state index is -0.785. The number of nitriles is 1. The van der Waals surface area contributed by atoms with E-state index in [1.165, 1.54) is 160 Å². The summed E-state index contributed by atoms with van der Waals surface area (Å²) in [5, 5.41) is 31.5. The van der Waals surface area contributed by atoms with Crippen molar-refractivity contribution in [2.45, 2.75) is 181 Å². The van der Waals surface area contributed by atoms with Crippen LogP contribution >= 0.6 is 0 Å². The lowest BCUT2D eigenvalue weighted by atomic mass is 10.0. The van der Waals surface area contributed by atoms with Crippen LogP contribution in [-0.2, 0) is 4.79 Å². The van der Waals surface area contributed by atoms with Crippen molar-refractivity contribution < 1.29 is 15.0 Å². The number of hydrogen-bond acceptors (Lipinski definition) is 6. The summed E-state index contributed by atoms with van der Waals surface area (Å²) in [5.41, 5.74) is 15.0. The second-order valence-corrected chi connectivity index (χ2v) is 17.6. The Morgan fingerprint density at radius 1 is 0.587 bits per heavy atom. The van der Waals surface area contributed by atoms with Gasteiger partial charge < -0.3 is 26.6 Å². The first kappa shape index (κ1) is 52.4. The topological polar surface area (TPSA) is 137 Å². The van der Waals surface area contributed by atoms with Gasteiger partial charge in [-0.15, -0.1) is 0 Å². The quantitative estimate of drug-likeness (QED) is 0.0127. The molecule has 0 saturated heterocycles. The highest BCUT2D eigenvalue weighted by molar-refractivity contribution is 6.01. The van der Waals surface area contributed by atoms with Gasteiger partial charge in [0.15, 0.2) is 0 Å². The highest BCUT2D eigenvalue weighted by Crippen LogP contribution is 2.33. The lowest BCUT2D eigenvalue weighted by Crippen LogP contribution is -2.25. The van der Waals surface area contributed by atoms with E-state index < -0.39 is 5.91 Å². The van der Waals surface area contributed by atoms with Crippen molar-refractivity contribution in [3.05, 3.63) is 90.0 Å². The van der Waals surface area contributed by atoms with Gasteiger partial charge in [-0.25, -0.2) is 0 Å². The molecule has 0 radical (unpaired) electrons. The molecule has 0 atom stereocenters. The summed E-state index contributed by atoms with van der Waals surface area (Å²) in [6.07, 6.45) is 36.4. The Morgan fingerprint density at radius 3 is 1.51 bits per heavy atom. The van der Waals surface area contributed by atoms with E-state index in [2.05, 4.69) is 36.9 Å². The van der Waals surface area contributed by atoms with Gasteiger partial charge in [0.1, 0.15) is 23.1 Å². The maximum absolute atomic E-state index is 11.5. The summed E-state index contributed by atoms with van der Waals surface area (Å²) in [6, 6.07) is 27.1. The van der Waals surface area contributed by atoms with Crippen LogP contribution in [0, 0.1) is 11.3 Å². The minimum absolute atomic E-state index is 0.0709. The van der Waals surface area contributed by atoms with E-state index in [1.54, 1.807) is 18.2 Å². The molecule has 0 unspecified atom stereocenters. The molecule has 0 heterocycles. The van der Waals surface area contributed by atoms with Crippen LogP contribution in [0.15, 0.2) is 84.4 Å². The van der Waals surface area contributed by atoms with E-state index in [1.807, 2.05) is 48.5 Å². The standard InChI is InChI=1S/C40H69N3O2.C16H13NO/c1-3-5-7-9-11-13-15-16-17-18-19-20-22-24-26-28-32-43(31-27-25-23-21-14-12-10-8-6-4-2)38-30-29-36(39(44)34-38)33-37(35-41)40(42)45;17-15-9-7-13-10-12(6-8-14(13)16(15)18)11-4-2-1-3-5-11/h29-30,33-34,44H,3-28,31-32H2,1-2H3,(H2,42,45);1-10,18H,17H2/b37-33+;. The average Bonchev–Trinajstić information content (AvgIpc) is 3.29. The molecular formula is C56H82N4O3. The molecule has 1 amide bonds. The van der Waals surface area contributed by atoms with Gasteiger partial charge in [0.2, 0.25) is 0 Å². The van der Waals surface area contributed by atoms with Gasteiger partial charge in [0.25, 0.3) is 5.91 Å². The fourth-order valence-electron chi connectivity index (χ4n) is 8.32. The summed E-state index contributed by atoms with van der Waals surface area (Å²) < 4.78 is 0. The van der Waals surface area contributed by atoms with Crippen molar-refractivity contribution in [1.82, 2.24) is 0 Å². The number of carbonyl (C=O) groups is 1. The number of anilines is 2. The summed E-state index contributed by atoms with van der Waals surface area (Å²) in [7, 11) is 0. The Kier molecular flexibility index (Phi) is 27.2. The van der Waals surface area contributed by atoms with Crippen LogP contribution in [0.4, 0.5) is 11.4 Å². The summed E-state index contributed by atoms with van der Waals surface area (Å²) in [5.74, 6) is -0.555. The van der Waals surface area contributed by atoms with Crippen molar-refractivity contribution in [2.75, 3.05) is 23.7 Å². The maximum Gasteiger partial charge on any atom is 0.259 e. The maximum atomic E-state index is 11.5. The van der Waals surface area contributed by atoms with Crippen molar-refractivity contribution in [3.63, 3.8) is 0 Å². The molecule has 4 aromatic carbocycles. The number of nitrogen functional groups attached to an aromatic ring is 1. The third-order valence-corrected chi connectivity index (χ3v) is 12.3. The van der Waals surface area contributed by atoms with Crippen LogP contribution in [0.25, 0.3) is 28.0 Å². The van der Waals surface area contributed by atoms with E-state index in [0.29, 0.717) is 11.3 Å². The van der Waals surface area contributed by atoms with Crippen molar-refractivity contribution >= 4 is 34.1 Å². The largest absolute Gasteiger partial charge is 0.507 e. The van der Waals surface area contributed by atoms with Crippen LogP contribution < -0.4 is 16.4 Å². The number of rotatable bonds is 32. The Hall–Kier alpha value is -4.96. The molecule has 0 aromatic heterocycles. The number of primary amides is 1. The molecule has 7 nitrogen and oxygen atoms in total. The predicted molar refractivity (Wildman–Crippen MR) is 270 cm³/mol. The molecular weight excluding hydrogens is 777 g/mol. The molecule has 344 valence electrons. The number of carbonyl (C=O) groups excluding carboxylic acids is 1. The van der Waals surface area contributed by atoms with Gasteiger partial charge >= 0.3 is 0 Å². The second-order valence-electron chi connectivity index (χ2n) is 17.6. The zero-order chi connectivity index (χ0) is 45.3. The lowest BCUT2D eigenvalue weighted by Gasteiger charge is -2.25. The molecule has 0 spiro atoms. The van der Waals surface area contributed by atoms with E-state index >= 15 is 0 Å². The number of phenolic OH excluding ortho intramolecular Hbond substituents is 2. The van der Waals surface area contributed by atoms with Crippen molar-refractivity contribution in [1.29, 1.82) is 5.26 Å². The predicted octanol–water partition coefficient (Wildman–Crippen LogP) is 15.6. The number of benzene rings is 4. The van der Waals surface area contributed by atoms with Gasteiger partial charge in [0, 0.05) is 35.8 Å². The Labute approximate surface area is 382 Å². The minimum Gasteiger partial charge on any atom is -0.507 e. The monoisotopic (exact) mass is 859 g/mol. The SMILES string of the molecule is CCCCCCCCCCCCCCCCCCN(CCCCCCCCCCCC)c1ccc(/C=C(\C#N)C(N)=O)c(O)c1.Nc1ccc2cc(-c3ccccc3)ccc2c1O. The molecule has 63 heavy (non-hydrogen) atoms. The van der Waals surface area contributed by atoms with Crippen LogP contribution in [0.2, 0.25) is 0 Å². The molecule has 0 aliphatic rings. The molecule has 0 aliphatic carbocycles. The van der Waals surface area contributed by atoms with E-state index in [4.69, 9.17) is 11.5 Å². The first-order valence-electron chi connectivity index (χ1n) is 24.8. The van der Waals surface area contributed by atoms with Crippen molar-refractivity contribution in [2.24, 2.45) is 5.73 Å². The molecule has 0 saturated carbocycles. The summed E-state index contributed by atoms with van der Waals surface area (Å²) >= 11 is 0. The second kappa shape index (κ2) is 32.7.